The van der Waals surface area contributed by atoms with E-state index < -0.39 is 0 Å². The van der Waals surface area contributed by atoms with Gasteiger partial charge in [0.15, 0.2) is 0 Å². The Bertz CT molecular complexity index is 960. The van der Waals surface area contributed by atoms with Crippen molar-refractivity contribution in [3.63, 3.8) is 0 Å². The van der Waals surface area contributed by atoms with Crippen molar-refractivity contribution in [2.24, 2.45) is 0 Å². The highest BCUT2D eigenvalue weighted by Crippen LogP contribution is 2.43. The van der Waals surface area contributed by atoms with Gasteiger partial charge in [0.25, 0.3) is 0 Å². The molecule has 6 nitrogen and oxygen atoms in total. The number of aryl methyl sites for hydroxylation is 2. The Morgan fingerprint density at radius 2 is 1.83 bits per heavy atom. The van der Waals surface area contributed by atoms with Crippen LogP contribution in [-0.2, 0) is 23.2 Å². The zero-order valence-electron chi connectivity index (χ0n) is 18.3. The summed E-state index contributed by atoms with van der Waals surface area (Å²) < 4.78 is 0. The zero-order valence-corrected chi connectivity index (χ0v) is 19.1. The van der Waals surface area contributed by atoms with Crippen molar-refractivity contribution in [2.75, 3.05) is 33.7 Å². The molecule has 0 N–H and O–H groups in total. The normalized spacial score (nSPS) is 17.7. The molecule has 0 aliphatic carbocycles. The summed E-state index contributed by atoms with van der Waals surface area (Å²) in [5.41, 5.74) is 3.27. The lowest BCUT2D eigenvalue weighted by atomic mass is 9.73. The largest absolute Gasteiger partial charge is 0.336 e. The summed E-state index contributed by atoms with van der Waals surface area (Å²) in [4.78, 5) is 37.3. The summed E-state index contributed by atoms with van der Waals surface area (Å²) in [6.07, 6.45) is 2.12. The second-order valence-corrected chi connectivity index (χ2v) is 10.1. The molecule has 1 saturated heterocycles. The van der Waals surface area contributed by atoms with Crippen LogP contribution in [0.15, 0.2) is 24.3 Å². The van der Waals surface area contributed by atoms with Gasteiger partial charge in [-0.15, -0.1) is 11.3 Å². The molecule has 3 heterocycles. The molecule has 7 heteroatoms. The Labute approximate surface area is 182 Å². The summed E-state index contributed by atoms with van der Waals surface area (Å²) >= 11 is 1.71. The lowest BCUT2D eigenvalue weighted by Crippen LogP contribution is -2.55. The van der Waals surface area contributed by atoms with Gasteiger partial charge in [0.1, 0.15) is 0 Å². The molecule has 1 spiro atoms. The van der Waals surface area contributed by atoms with Crippen LogP contribution in [0.25, 0.3) is 0 Å². The van der Waals surface area contributed by atoms with Crippen molar-refractivity contribution in [1.29, 1.82) is 0 Å². The fourth-order valence-corrected chi connectivity index (χ4v) is 5.80. The van der Waals surface area contributed by atoms with E-state index in [1.807, 2.05) is 34.9 Å². The molecule has 1 fully saturated rings. The third-order valence-corrected chi connectivity index (χ3v) is 7.42. The number of carbonyl (C=O) groups is 2. The lowest BCUT2D eigenvalue weighted by Gasteiger charge is -2.47. The summed E-state index contributed by atoms with van der Waals surface area (Å²) in [7, 11) is 3.59. The van der Waals surface area contributed by atoms with Crippen LogP contribution in [0.5, 0.6) is 0 Å². The topological polar surface area (TPSA) is 56.8 Å². The number of hydrogen-bond acceptors (Lipinski definition) is 4. The smallest absolute Gasteiger partial charge is 0.319 e. The number of fused-ring (bicyclic) bond motifs is 2. The highest BCUT2D eigenvalue weighted by Gasteiger charge is 2.46. The molecule has 1 aromatic heterocycles. The second-order valence-electron chi connectivity index (χ2n) is 8.80. The zero-order chi connectivity index (χ0) is 21.5. The molecule has 3 amide bonds. The minimum atomic E-state index is -0.150. The van der Waals surface area contributed by atoms with Crippen molar-refractivity contribution in [2.45, 2.75) is 45.1 Å². The van der Waals surface area contributed by atoms with Gasteiger partial charge in [-0.1, -0.05) is 24.3 Å². The third-order valence-electron chi connectivity index (χ3n) is 6.46. The van der Waals surface area contributed by atoms with Crippen LogP contribution in [-0.4, -0.2) is 65.4 Å². The van der Waals surface area contributed by atoms with Crippen LogP contribution in [0.1, 0.15) is 39.5 Å². The average molecular weight is 427 g/mol. The molecule has 2 aliphatic heterocycles. The molecule has 4 rings (SSSR count). The maximum Gasteiger partial charge on any atom is 0.319 e. The average Bonchev–Trinajstić information content (AvgIpc) is 3.11. The van der Waals surface area contributed by atoms with E-state index in [1.165, 1.54) is 10.6 Å². The van der Waals surface area contributed by atoms with Gasteiger partial charge in [0.2, 0.25) is 5.91 Å². The van der Waals surface area contributed by atoms with Crippen LogP contribution in [0, 0.1) is 13.8 Å². The number of hydrogen-bond donors (Lipinski definition) is 0. The molecule has 0 bridgehead atoms. The van der Waals surface area contributed by atoms with Crippen molar-refractivity contribution in [3.05, 3.63) is 51.0 Å². The standard InChI is InChI=1S/C23H30N4O2S/c1-16-7-5-6-8-18(16)13-20(28)27-14-19-21(24-17(2)30-19)23(15-27)9-11-26(12-10-23)22(29)25(3)4/h5-8H,9-15H2,1-4H3. The molecule has 0 unspecified atom stereocenters. The van der Waals surface area contributed by atoms with Crippen molar-refractivity contribution < 1.29 is 9.59 Å². The van der Waals surface area contributed by atoms with Crippen molar-refractivity contribution in [1.82, 2.24) is 19.7 Å². The summed E-state index contributed by atoms with van der Waals surface area (Å²) in [5.74, 6) is 0.173. The minimum absolute atomic E-state index is 0.0582. The number of urea groups is 1. The van der Waals surface area contributed by atoms with E-state index in [2.05, 4.69) is 13.0 Å². The molecule has 0 saturated carbocycles. The van der Waals surface area contributed by atoms with Gasteiger partial charge in [-0.3, -0.25) is 4.79 Å². The molecule has 0 radical (unpaired) electrons. The van der Waals surface area contributed by atoms with Crippen LogP contribution < -0.4 is 0 Å². The molecule has 1 aromatic carbocycles. The first kappa shape index (κ1) is 20.8. The predicted molar refractivity (Wildman–Crippen MR) is 119 cm³/mol. The van der Waals surface area contributed by atoms with Gasteiger partial charge in [-0.05, 0) is 37.8 Å². The summed E-state index contributed by atoms with van der Waals surface area (Å²) in [5, 5.41) is 1.05. The first-order valence-corrected chi connectivity index (χ1v) is 11.4. The highest BCUT2D eigenvalue weighted by atomic mass is 32.1. The SMILES string of the molecule is Cc1nc2c(s1)CN(C(=O)Cc1ccccc1C)CC21CCN(C(=O)N(C)C)CC1. The Morgan fingerprint density at radius 3 is 2.50 bits per heavy atom. The number of piperidine rings is 1. The Morgan fingerprint density at radius 1 is 1.13 bits per heavy atom. The lowest BCUT2D eigenvalue weighted by molar-refractivity contribution is -0.133. The number of amides is 3. The van der Waals surface area contributed by atoms with E-state index in [4.69, 9.17) is 4.98 Å². The van der Waals surface area contributed by atoms with E-state index in [9.17, 15) is 9.59 Å². The van der Waals surface area contributed by atoms with E-state index in [0.29, 0.717) is 32.6 Å². The molecule has 0 atom stereocenters. The first-order chi connectivity index (χ1) is 14.3. The minimum Gasteiger partial charge on any atom is -0.336 e. The maximum absolute atomic E-state index is 13.3. The van der Waals surface area contributed by atoms with E-state index in [-0.39, 0.29) is 17.4 Å². The first-order valence-electron chi connectivity index (χ1n) is 10.5. The molecule has 2 aliphatic rings. The van der Waals surface area contributed by atoms with Crippen LogP contribution in [0.4, 0.5) is 4.79 Å². The molecular weight excluding hydrogens is 396 g/mol. The Balaban J connectivity index is 1.56. The Kier molecular flexibility index (Phi) is 5.57. The monoisotopic (exact) mass is 426 g/mol. The number of rotatable bonds is 2. The molecular formula is C23H30N4O2S. The molecule has 160 valence electrons. The second kappa shape index (κ2) is 8.02. The molecule has 2 aromatic rings. The van der Waals surface area contributed by atoms with E-state index in [0.717, 1.165) is 29.0 Å². The van der Waals surface area contributed by atoms with Gasteiger partial charge in [0.05, 0.1) is 23.7 Å². The van der Waals surface area contributed by atoms with Crippen LogP contribution in [0.3, 0.4) is 0 Å². The number of carbonyl (C=O) groups excluding carboxylic acids is 2. The highest BCUT2D eigenvalue weighted by molar-refractivity contribution is 7.11. The third kappa shape index (κ3) is 3.83. The number of thiazole rings is 1. The van der Waals surface area contributed by atoms with Gasteiger partial charge < -0.3 is 14.7 Å². The van der Waals surface area contributed by atoms with Crippen LogP contribution in [0.2, 0.25) is 0 Å². The van der Waals surface area contributed by atoms with E-state index in [1.54, 1.807) is 30.3 Å². The van der Waals surface area contributed by atoms with Crippen molar-refractivity contribution >= 4 is 23.3 Å². The number of aromatic nitrogens is 1. The fourth-order valence-electron chi connectivity index (χ4n) is 4.72. The van der Waals surface area contributed by atoms with Crippen molar-refractivity contribution in [3.8, 4) is 0 Å². The number of nitrogens with zero attached hydrogens (tertiary/aromatic N) is 4. The summed E-state index contributed by atoms with van der Waals surface area (Å²) in [6, 6.07) is 8.16. The van der Waals surface area contributed by atoms with Gasteiger partial charge >= 0.3 is 6.03 Å². The van der Waals surface area contributed by atoms with Gasteiger partial charge in [0, 0.05) is 44.0 Å². The van der Waals surface area contributed by atoms with Crippen LogP contribution >= 0.6 is 11.3 Å². The number of likely N-dealkylation sites (tertiary alicyclic amines) is 1. The summed E-state index contributed by atoms with van der Waals surface area (Å²) in [6.45, 7) is 6.84. The quantitative estimate of drug-likeness (QED) is 0.740. The number of benzene rings is 1. The Hall–Kier alpha value is -2.41. The maximum atomic E-state index is 13.3. The van der Waals surface area contributed by atoms with E-state index >= 15 is 0 Å². The predicted octanol–water partition coefficient (Wildman–Crippen LogP) is 3.36. The van der Waals surface area contributed by atoms with Gasteiger partial charge in [-0.2, -0.15) is 0 Å². The molecule has 30 heavy (non-hydrogen) atoms. The fraction of sp³-hybridized carbons (Fsp3) is 0.522. The van der Waals surface area contributed by atoms with Gasteiger partial charge in [-0.25, -0.2) is 9.78 Å².